The Kier molecular flexibility index (Phi) is 8.04. The van der Waals surface area contributed by atoms with E-state index in [-0.39, 0.29) is 11.4 Å². The van der Waals surface area contributed by atoms with Crippen LogP contribution >= 0.6 is 0 Å². The molecule has 0 aliphatic carbocycles. The van der Waals surface area contributed by atoms with Crippen LogP contribution in [0, 0.1) is 0 Å². The Morgan fingerprint density at radius 1 is 1.00 bits per heavy atom. The van der Waals surface area contributed by atoms with Crippen LogP contribution in [0.2, 0.25) is 0 Å². The number of hydrogen-bond acceptors (Lipinski definition) is 4. The first-order valence-corrected chi connectivity index (χ1v) is 9.85. The molecule has 3 N–H and O–H groups in total. The van der Waals surface area contributed by atoms with Crippen molar-refractivity contribution in [1.29, 1.82) is 0 Å². The summed E-state index contributed by atoms with van der Waals surface area (Å²) >= 11 is 0. The van der Waals surface area contributed by atoms with Crippen molar-refractivity contribution in [2.75, 3.05) is 6.61 Å². The van der Waals surface area contributed by atoms with Crippen molar-refractivity contribution in [2.24, 2.45) is 0 Å². The summed E-state index contributed by atoms with van der Waals surface area (Å²) in [6.45, 7) is 2.40. The van der Waals surface area contributed by atoms with Crippen molar-refractivity contribution in [2.45, 2.75) is 89.3 Å². The van der Waals surface area contributed by atoms with Crippen molar-refractivity contribution >= 4 is 0 Å². The number of phenolic OH excluding ortho intramolecular Hbond substituents is 1. The number of unbranched alkanes of at least 4 members (excludes halogenated alkanes) is 8. The number of aliphatic hydroxyl groups is 2. The molecular formula is C21H34O4. The van der Waals surface area contributed by atoms with Crippen LogP contribution in [-0.4, -0.2) is 27.5 Å². The van der Waals surface area contributed by atoms with E-state index in [1.807, 2.05) is 0 Å². The summed E-state index contributed by atoms with van der Waals surface area (Å²) < 4.78 is 6.14. The van der Waals surface area contributed by atoms with Crippen LogP contribution in [0.4, 0.5) is 0 Å². The maximum atomic E-state index is 10.4. The zero-order valence-electron chi connectivity index (χ0n) is 15.5. The third kappa shape index (κ3) is 6.52. The average molecular weight is 350 g/mol. The van der Waals surface area contributed by atoms with Crippen LogP contribution in [0.5, 0.6) is 11.5 Å². The SMILES string of the molecule is CC1(CCCCCCCCCCCO)CC(O)c2cc(O)ccc2O1. The molecule has 0 amide bonds. The molecule has 0 saturated carbocycles. The summed E-state index contributed by atoms with van der Waals surface area (Å²) in [5.74, 6) is 0.864. The fraction of sp³-hybridized carbons (Fsp3) is 0.714. The monoisotopic (exact) mass is 350 g/mol. The van der Waals surface area contributed by atoms with Gasteiger partial charge in [-0.05, 0) is 44.4 Å². The fourth-order valence-corrected chi connectivity index (χ4v) is 3.72. The molecule has 1 heterocycles. The molecule has 25 heavy (non-hydrogen) atoms. The minimum atomic E-state index is -0.570. The van der Waals surface area contributed by atoms with E-state index < -0.39 is 6.10 Å². The summed E-state index contributed by atoms with van der Waals surface area (Å²) in [5.41, 5.74) is 0.368. The highest BCUT2D eigenvalue weighted by atomic mass is 16.5. The molecule has 2 rings (SSSR count). The van der Waals surface area contributed by atoms with Gasteiger partial charge in [-0.2, -0.15) is 0 Å². The third-order valence-corrected chi connectivity index (χ3v) is 5.20. The molecule has 0 radical (unpaired) electrons. The highest BCUT2D eigenvalue weighted by molar-refractivity contribution is 5.43. The van der Waals surface area contributed by atoms with Crippen molar-refractivity contribution in [3.8, 4) is 11.5 Å². The Balaban J connectivity index is 1.63. The molecular weight excluding hydrogens is 316 g/mol. The maximum absolute atomic E-state index is 10.4. The average Bonchev–Trinajstić information content (AvgIpc) is 2.57. The van der Waals surface area contributed by atoms with Gasteiger partial charge in [-0.15, -0.1) is 0 Å². The van der Waals surface area contributed by atoms with Gasteiger partial charge in [0, 0.05) is 18.6 Å². The topological polar surface area (TPSA) is 69.9 Å². The van der Waals surface area contributed by atoms with Crippen LogP contribution < -0.4 is 4.74 Å². The zero-order valence-corrected chi connectivity index (χ0v) is 15.5. The lowest BCUT2D eigenvalue weighted by atomic mass is 9.86. The van der Waals surface area contributed by atoms with Crippen molar-refractivity contribution < 1.29 is 20.1 Å². The Labute approximate surface area is 151 Å². The van der Waals surface area contributed by atoms with Gasteiger partial charge in [0.15, 0.2) is 0 Å². The summed E-state index contributed by atoms with van der Waals surface area (Å²) in [5, 5.41) is 28.7. The first kappa shape index (κ1) is 20.1. The van der Waals surface area contributed by atoms with E-state index in [9.17, 15) is 10.2 Å². The first-order valence-electron chi connectivity index (χ1n) is 9.85. The van der Waals surface area contributed by atoms with E-state index in [4.69, 9.17) is 9.84 Å². The first-order chi connectivity index (χ1) is 12.0. The van der Waals surface area contributed by atoms with E-state index in [1.165, 1.54) is 38.5 Å². The normalized spacial score (nSPS) is 22.4. The van der Waals surface area contributed by atoms with E-state index in [0.717, 1.165) is 25.7 Å². The number of phenols is 1. The second-order valence-corrected chi connectivity index (χ2v) is 7.65. The number of benzene rings is 1. The minimum Gasteiger partial charge on any atom is -0.508 e. The predicted molar refractivity (Wildman–Crippen MR) is 100.0 cm³/mol. The summed E-state index contributed by atoms with van der Waals surface area (Å²) in [6, 6.07) is 4.96. The van der Waals surface area contributed by atoms with Crippen LogP contribution in [0.3, 0.4) is 0 Å². The van der Waals surface area contributed by atoms with E-state index in [2.05, 4.69) is 6.92 Å². The number of hydrogen-bond donors (Lipinski definition) is 3. The van der Waals surface area contributed by atoms with Gasteiger partial charge in [-0.25, -0.2) is 0 Å². The Morgan fingerprint density at radius 2 is 1.60 bits per heavy atom. The second-order valence-electron chi connectivity index (χ2n) is 7.65. The third-order valence-electron chi connectivity index (χ3n) is 5.20. The molecule has 4 heteroatoms. The van der Waals surface area contributed by atoms with Gasteiger partial charge >= 0.3 is 0 Å². The smallest absolute Gasteiger partial charge is 0.126 e. The van der Waals surface area contributed by atoms with Crippen LogP contribution in [0.1, 0.15) is 89.2 Å². The Hall–Kier alpha value is -1.26. The summed E-state index contributed by atoms with van der Waals surface area (Å²) in [6.07, 6.45) is 11.7. The van der Waals surface area contributed by atoms with Gasteiger partial charge in [-0.1, -0.05) is 44.9 Å². The number of fused-ring (bicyclic) bond motifs is 1. The molecule has 0 fully saturated rings. The zero-order chi connectivity index (χ0) is 18.1. The lowest BCUT2D eigenvalue weighted by Crippen LogP contribution is -2.38. The molecule has 1 aliphatic heterocycles. The van der Waals surface area contributed by atoms with Gasteiger partial charge in [0.2, 0.25) is 0 Å². The molecule has 0 bridgehead atoms. The van der Waals surface area contributed by atoms with Crippen LogP contribution in [-0.2, 0) is 0 Å². The fourth-order valence-electron chi connectivity index (χ4n) is 3.72. The summed E-state index contributed by atoms with van der Waals surface area (Å²) in [7, 11) is 0. The predicted octanol–water partition coefficient (Wildman–Crippen LogP) is 4.86. The van der Waals surface area contributed by atoms with Gasteiger partial charge in [-0.3, -0.25) is 0 Å². The molecule has 2 atom stereocenters. The maximum Gasteiger partial charge on any atom is 0.126 e. The summed E-state index contributed by atoms with van der Waals surface area (Å²) in [4.78, 5) is 0. The van der Waals surface area contributed by atoms with Crippen molar-refractivity contribution in [3.63, 3.8) is 0 Å². The Bertz CT molecular complexity index is 517. The molecule has 4 nitrogen and oxygen atoms in total. The number of rotatable bonds is 11. The highest BCUT2D eigenvalue weighted by Gasteiger charge is 2.36. The van der Waals surface area contributed by atoms with Crippen LogP contribution in [0.15, 0.2) is 18.2 Å². The largest absolute Gasteiger partial charge is 0.508 e. The molecule has 2 unspecified atom stereocenters. The van der Waals surface area contributed by atoms with E-state index in [0.29, 0.717) is 24.3 Å². The van der Waals surface area contributed by atoms with E-state index >= 15 is 0 Å². The number of aliphatic hydroxyl groups excluding tert-OH is 2. The minimum absolute atomic E-state index is 0.168. The molecule has 1 aliphatic rings. The lowest BCUT2D eigenvalue weighted by molar-refractivity contribution is -0.00866. The van der Waals surface area contributed by atoms with Gasteiger partial charge in [0.05, 0.1) is 6.10 Å². The molecule has 0 aromatic heterocycles. The molecule has 142 valence electrons. The second kappa shape index (κ2) is 10.0. The van der Waals surface area contributed by atoms with Crippen molar-refractivity contribution in [1.82, 2.24) is 0 Å². The quantitative estimate of drug-likeness (QED) is 0.498. The lowest BCUT2D eigenvalue weighted by Gasteiger charge is -2.38. The molecule has 0 saturated heterocycles. The van der Waals surface area contributed by atoms with Gasteiger partial charge < -0.3 is 20.1 Å². The van der Waals surface area contributed by atoms with E-state index in [1.54, 1.807) is 18.2 Å². The number of aromatic hydroxyl groups is 1. The van der Waals surface area contributed by atoms with Crippen molar-refractivity contribution in [3.05, 3.63) is 23.8 Å². The molecule has 1 aromatic carbocycles. The standard InChI is InChI=1S/C21H34O4/c1-21(13-9-7-5-3-2-4-6-8-10-14-22)16-19(24)18-15-17(23)11-12-20(18)25-21/h11-12,15,19,22-24H,2-10,13-14,16H2,1H3. The van der Waals surface area contributed by atoms with Crippen LogP contribution in [0.25, 0.3) is 0 Å². The molecule has 1 aromatic rings. The van der Waals surface area contributed by atoms with Gasteiger partial charge in [0.25, 0.3) is 0 Å². The van der Waals surface area contributed by atoms with Gasteiger partial charge in [0.1, 0.15) is 17.1 Å². The number of ether oxygens (including phenoxy) is 1. The Morgan fingerprint density at radius 3 is 2.24 bits per heavy atom. The molecule has 0 spiro atoms. The highest BCUT2D eigenvalue weighted by Crippen LogP contribution is 2.42.